The molecule has 19 aromatic rings. The van der Waals surface area contributed by atoms with Gasteiger partial charge in [0.2, 0.25) is 0 Å². The highest BCUT2D eigenvalue weighted by atomic mass is 15.2. The fourth-order valence-corrected chi connectivity index (χ4v) is 17.7. The van der Waals surface area contributed by atoms with Gasteiger partial charge < -0.3 is 14.4 Å². The molecule has 18 aromatic carbocycles. The summed E-state index contributed by atoms with van der Waals surface area (Å²) in [6.45, 7) is 6.28. The Labute approximate surface area is 690 Å². The van der Waals surface area contributed by atoms with Crippen molar-refractivity contribution in [2.24, 2.45) is 0 Å². The molecule has 4 heteroatoms. The van der Waals surface area contributed by atoms with Gasteiger partial charge in [0.25, 0.3) is 6.71 Å². The highest BCUT2D eigenvalue weighted by Crippen LogP contribution is 2.56. The second kappa shape index (κ2) is 28.9. The molecule has 2 aliphatic rings. The summed E-state index contributed by atoms with van der Waals surface area (Å²) in [5, 5.41) is -0.0145. The Morgan fingerprint density at radius 1 is 0.241 bits per heavy atom. The fraction of sp³-hybridized carbons (Fsp3) is 0.0357. The van der Waals surface area contributed by atoms with Gasteiger partial charge in [0.05, 0.1) is 33.4 Å². The number of fused-ring (bicyclic) bond motifs is 7. The smallest absolute Gasteiger partial charge is 0.252 e. The molecule has 3 heterocycles. The summed E-state index contributed by atoms with van der Waals surface area (Å²) < 4.78 is 78.8. The Hall–Kier alpha value is -14.6. The first-order chi connectivity index (χ1) is 60.5. The number of hydrogen-bond donors (Lipinski definition) is 0. The molecular weight excluding hydrogens is 1400 g/mol. The first kappa shape index (κ1) is 61.1. The van der Waals surface area contributed by atoms with Crippen molar-refractivity contribution in [1.82, 2.24) is 4.57 Å². The van der Waals surface area contributed by atoms with E-state index in [0.717, 1.165) is 178 Å². The number of rotatable bonds is 14. The Bertz CT molecular complexity index is 7170. The summed E-state index contributed by atoms with van der Waals surface area (Å²) in [7, 11) is 0. The van der Waals surface area contributed by atoms with Crippen LogP contribution < -0.4 is 26.2 Å². The SMILES string of the molecule is [2H]c1c([2H])c([2H])c2c(c1[2H])c1c([2H])c([2H])c([2H])c([2H])c1n2-c1ccc2c(c1)N(c1c(-c3cccc(-c4ccccc4)c3)cc(-c3ccccc3)cc1-c1cccc(-c3ccccc3)c1)c1cc(C(C)(C)C)cc3c1B2c1cc(-c2cc(-c4ccccc4)cc(-c4ccccc4)c2)ccc1N3c1c(-c2ccccc2)cc(-c2ccccc2)cc1-c1ccccc1. The zero-order valence-electron chi connectivity index (χ0n) is 72.3. The number of aromatic nitrogens is 1. The first-order valence-electron chi connectivity index (χ1n) is 43.7. The molecule has 0 fully saturated rings. The van der Waals surface area contributed by atoms with Gasteiger partial charge in [0.1, 0.15) is 0 Å². The van der Waals surface area contributed by atoms with Gasteiger partial charge in [0.15, 0.2) is 0 Å². The van der Waals surface area contributed by atoms with Crippen LogP contribution in [0.15, 0.2) is 431 Å². The summed E-state index contributed by atoms with van der Waals surface area (Å²) in [6.07, 6.45) is 0. The normalized spacial score (nSPS) is 13.2. The molecule has 0 amide bonds. The van der Waals surface area contributed by atoms with Crippen LogP contribution in [-0.2, 0) is 5.41 Å². The molecule has 21 rings (SSSR count). The number of anilines is 6. The molecular formula is C112H80BN3. The molecule has 116 heavy (non-hydrogen) atoms. The van der Waals surface area contributed by atoms with Crippen LogP contribution in [-0.4, -0.2) is 11.3 Å². The molecule has 0 bridgehead atoms. The van der Waals surface area contributed by atoms with E-state index >= 15 is 0 Å². The average Bonchev–Trinajstić information content (AvgIpc) is 0.691. The minimum Gasteiger partial charge on any atom is -0.310 e. The largest absolute Gasteiger partial charge is 0.310 e. The standard InChI is InChI=1S/C112H80BN3/c1-112(2,3)93-72-107-109-108(73-93)116(111-99(86-52-32-50-83(62-86)75-34-12-4-13-35-75)69-92(80-44-22-9-23-45-80)70-100(111)87-53-33-51-84(63-87)76-36-14-5-15-37-76)106-74-94(114-103-56-30-28-54-95(103)96-55-29-31-57-104(96)114)59-60-101(106)113(109)102-71-85(90-65-88(77-38-16-6-17-39-77)64-89(66-90)78-40-18-7-19-41-78)58-61-105(102)115(107)110-97(81-46-24-10-25-47-81)67-91(79-42-20-8-21-43-79)68-98(110)82-48-26-11-27-49-82/h4-74H,1-3H3/i28D,29D,30D,31D,54D,55D,56D,57D. The van der Waals surface area contributed by atoms with Crippen LogP contribution in [0.5, 0.6) is 0 Å². The molecule has 3 nitrogen and oxygen atoms in total. The third-order valence-corrected chi connectivity index (χ3v) is 23.3. The lowest BCUT2D eigenvalue weighted by atomic mass is 9.33. The highest BCUT2D eigenvalue weighted by molar-refractivity contribution is 7.00. The maximum atomic E-state index is 10.1. The second-order valence-electron chi connectivity index (χ2n) is 31.3. The van der Waals surface area contributed by atoms with Gasteiger partial charge in [-0.2, -0.15) is 0 Å². The van der Waals surface area contributed by atoms with Crippen LogP contribution in [0.2, 0.25) is 0 Å². The summed E-state index contributed by atoms with van der Waals surface area (Å²) in [4.78, 5) is 5.07. The summed E-state index contributed by atoms with van der Waals surface area (Å²) in [6, 6.07) is 134. The van der Waals surface area contributed by atoms with Crippen LogP contribution in [0.25, 0.3) is 150 Å². The zero-order chi connectivity index (χ0) is 84.3. The van der Waals surface area contributed by atoms with Gasteiger partial charge in [-0.15, -0.1) is 0 Å². The lowest BCUT2D eigenvalue weighted by Crippen LogP contribution is -2.61. The molecule has 0 saturated carbocycles. The zero-order valence-corrected chi connectivity index (χ0v) is 64.3. The van der Waals surface area contributed by atoms with Crippen LogP contribution in [0.4, 0.5) is 34.1 Å². The minimum atomic E-state index is -0.591. The predicted octanol–water partition coefficient (Wildman–Crippen LogP) is 28.5. The molecule has 0 unspecified atom stereocenters. The highest BCUT2D eigenvalue weighted by Gasteiger charge is 2.46. The summed E-state index contributed by atoms with van der Waals surface area (Å²) >= 11 is 0. The van der Waals surface area contributed by atoms with Crippen molar-refractivity contribution in [3.63, 3.8) is 0 Å². The molecule has 0 atom stereocenters. The van der Waals surface area contributed by atoms with Gasteiger partial charge in [-0.25, -0.2) is 0 Å². The Morgan fingerprint density at radius 3 is 0.966 bits per heavy atom. The maximum absolute atomic E-state index is 10.1. The van der Waals surface area contributed by atoms with Gasteiger partial charge in [-0.05, 0) is 225 Å². The molecule has 546 valence electrons. The van der Waals surface area contributed by atoms with Crippen molar-refractivity contribution in [1.29, 1.82) is 0 Å². The van der Waals surface area contributed by atoms with E-state index in [1.807, 2.05) is 18.2 Å². The average molecular weight is 1490 g/mol. The van der Waals surface area contributed by atoms with E-state index in [4.69, 9.17) is 0 Å². The molecule has 2 aliphatic heterocycles. The van der Waals surface area contributed by atoms with Crippen LogP contribution in [0.3, 0.4) is 0 Å². The number of hydrogen-bond acceptors (Lipinski definition) is 2. The van der Waals surface area contributed by atoms with Crippen LogP contribution in [0, 0.1) is 0 Å². The fourth-order valence-electron chi connectivity index (χ4n) is 17.7. The summed E-state index contributed by atoms with van der Waals surface area (Å²) in [5.74, 6) is 0. The van der Waals surface area contributed by atoms with E-state index < -0.39 is 48.4 Å². The van der Waals surface area contributed by atoms with Crippen molar-refractivity contribution < 1.29 is 11.0 Å². The number of para-hydroxylation sites is 2. The van der Waals surface area contributed by atoms with Crippen molar-refractivity contribution in [3.8, 4) is 128 Å². The molecule has 0 aliphatic carbocycles. The minimum absolute atomic E-state index is 0.00724. The number of nitrogens with zero attached hydrogens (tertiary/aromatic N) is 3. The third-order valence-electron chi connectivity index (χ3n) is 23.3. The van der Waals surface area contributed by atoms with E-state index in [0.29, 0.717) is 5.69 Å². The van der Waals surface area contributed by atoms with Gasteiger partial charge >= 0.3 is 0 Å². The molecule has 0 N–H and O–H groups in total. The second-order valence-corrected chi connectivity index (χ2v) is 31.3. The van der Waals surface area contributed by atoms with Crippen LogP contribution >= 0.6 is 0 Å². The quantitative estimate of drug-likeness (QED) is 0.101. The molecule has 0 saturated heterocycles. The molecule has 0 radical (unpaired) electrons. The van der Waals surface area contributed by atoms with E-state index in [1.165, 1.54) is 0 Å². The topological polar surface area (TPSA) is 11.4 Å². The Balaban J connectivity index is 0.966. The van der Waals surface area contributed by atoms with Crippen molar-refractivity contribution in [2.75, 3.05) is 9.80 Å². The summed E-state index contributed by atoms with van der Waals surface area (Å²) in [5.41, 5.74) is 31.6. The lowest BCUT2D eigenvalue weighted by molar-refractivity contribution is 0.590. The lowest BCUT2D eigenvalue weighted by Gasteiger charge is -2.46. The van der Waals surface area contributed by atoms with Crippen molar-refractivity contribution in [3.05, 3.63) is 436 Å². The van der Waals surface area contributed by atoms with Gasteiger partial charge in [-0.3, -0.25) is 0 Å². The predicted molar refractivity (Wildman–Crippen MR) is 493 cm³/mol. The maximum Gasteiger partial charge on any atom is 0.252 e. The van der Waals surface area contributed by atoms with E-state index in [9.17, 15) is 11.0 Å². The first-order valence-corrected chi connectivity index (χ1v) is 39.7. The van der Waals surface area contributed by atoms with E-state index in [1.54, 1.807) is 4.57 Å². The molecule has 1 aromatic heterocycles. The molecule has 0 spiro atoms. The van der Waals surface area contributed by atoms with Crippen molar-refractivity contribution >= 4 is 79.0 Å². The van der Waals surface area contributed by atoms with Gasteiger partial charge in [0, 0.05) is 61.5 Å². The number of benzene rings is 18. The van der Waals surface area contributed by atoms with Crippen molar-refractivity contribution in [2.45, 2.75) is 26.2 Å². The third kappa shape index (κ3) is 12.3. The Morgan fingerprint density at radius 2 is 0.560 bits per heavy atom. The van der Waals surface area contributed by atoms with E-state index in [-0.39, 0.29) is 33.9 Å². The van der Waals surface area contributed by atoms with Crippen LogP contribution in [0.1, 0.15) is 37.3 Å². The Kier molecular flexibility index (Phi) is 15.2. The van der Waals surface area contributed by atoms with Gasteiger partial charge in [-0.1, -0.05) is 354 Å². The monoisotopic (exact) mass is 1490 g/mol. The van der Waals surface area contributed by atoms with E-state index in [2.05, 4.69) is 395 Å².